The highest BCUT2D eigenvalue weighted by Gasteiger charge is 2.38. The van der Waals surface area contributed by atoms with E-state index in [4.69, 9.17) is 14.6 Å². The Morgan fingerprint density at radius 1 is 1.38 bits per heavy atom. The van der Waals surface area contributed by atoms with Crippen LogP contribution in [-0.4, -0.2) is 30.1 Å². The van der Waals surface area contributed by atoms with Gasteiger partial charge in [-0.25, -0.2) is 0 Å². The summed E-state index contributed by atoms with van der Waals surface area (Å²) in [5.41, 5.74) is 0. The first-order chi connectivity index (χ1) is 7.70. The highest BCUT2D eigenvalue weighted by Crippen LogP contribution is 2.32. The third kappa shape index (κ3) is 3.32. The molecule has 4 heteroatoms. The fourth-order valence-corrected chi connectivity index (χ4v) is 1.94. The minimum absolute atomic E-state index is 0.0652. The Labute approximate surface area is 95.2 Å². The molecule has 0 bridgehead atoms. The summed E-state index contributed by atoms with van der Waals surface area (Å²) in [6.45, 7) is 0.999. The lowest BCUT2D eigenvalue weighted by Gasteiger charge is -2.24. The predicted octanol–water partition coefficient (Wildman–Crippen LogP) is 1.95. The van der Waals surface area contributed by atoms with E-state index in [1.54, 1.807) is 0 Å². The van der Waals surface area contributed by atoms with E-state index in [1.165, 1.54) is 12.8 Å². The zero-order valence-corrected chi connectivity index (χ0v) is 9.35. The fraction of sp³-hybridized carbons (Fsp3) is 0.750. The number of ether oxygens (including phenoxy) is 2. The van der Waals surface area contributed by atoms with Gasteiger partial charge in [-0.2, -0.15) is 0 Å². The molecule has 1 saturated carbocycles. The monoisotopic (exact) mass is 226 g/mol. The molecular formula is C12H18O4. The molecule has 0 aromatic carbocycles. The van der Waals surface area contributed by atoms with E-state index < -0.39 is 11.8 Å². The Balaban J connectivity index is 1.79. The highest BCUT2D eigenvalue weighted by atomic mass is 16.7. The summed E-state index contributed by atoms with van der Waals surface area (Å²) in [5, 5.41) is 8.82. The van der Waals surface area contributed by atoms with Crippen molar-refractivity contribution in [3.05, 3.63) is 12.2 Å². The van der Waals surface area contributed by atoms with Gasteiger partial charge in [0.1, 0.15) is 0 Å². The largest absolute Gasteiger partial charge is 0.481 e. The normalized spacial score (nSPS) is 24.0. The van der Waals surface area contributed by atoms with Crippen molar-refractivity contribution in [3.63, 3.8) is 0 Å². The quantitative estimate of drug-likeness (QED) is 0.703. The van der Waals surface area contributed by atoms with E-state index in [1.807, 2.05) is 0 Å². The Hall–Kier alpha value is -0.870. The summed E-state index contributed by atoms with van der Waals surface area (Å²) in [4.78, 5) is 10.7. The summed E-state index contributed by atoms with van der Waals surface area (Å²) >= 11 is 0. The fourth-order valence-electron chi connectivity index (χ4n) is 1.94. The number of hydrogen-bond donors (Lipinski definition) is 1. The molecule has 0 radical (unpaired) electrons. The van der Waals surface area contributed by atoms with Crippen molar-refractivity contribution in [2.24, 2.45) is 5.92 Å². The van der Waals surface area contributed by atoms with Crippen LogP contribution in [0, 0.1) is 5.92 Å². The Bertz CT molecular complexity index is 275. The van der Waals surface area contributed by atoms with E-state index in [9.17, 15) is 4.79 Å². The number of aliphatic carboxylic acids is 1. The van der Waals surface area contributed by atoms with Gasteiger partial charge in [-0.15, -0.1) is 0 Å². The first kappa shape index (κ1) is 11.6. The topological polar surface area (TPSA) is 55.8 Å². The number of hydrogen-bond acceptors (Lipinski definition) is 3. The third-order valence-electron chi connectivity index (χ3n) is 2.96. The summed E-state index contributed by atoms with van der Waals surface area (Å²) in [6, 6.07) is 0. The van der Waals surface area contributed by atoms with Gasteiger partial charge in [0.05, 0.1) is 19.6 Å². The maximum absolute atomic E-state index is 10.7. The molecular weight excluding hydrogens is 208 g/mol. The van der Waals surface area contributed by atoms with Crippen molar-refractivity contribution < 1.29 is 19.4 Å². The molecule has 1 saturated heterocycles. The molecule has 1 aliphatic carbocycles. The molecule has 16 heavy (non-hydrogen) atoms. The second-order valence-electron chi connectivity index (χ2n) is 4.48. The van der Waals surface area contributed by atoms with Crippen molar-refractivity contribution in [2.75, 3.05) is 13.2 Å². The second kappa shape index (κ2) is 4.97. The van der Waals surface area contributed by atoms with Crippen LogP contribution in [0.1, 0.15) is 32.1 Å². The molecule has 0 unspecified atom stereocenters. The molecule has 4 nitrogen and oxygen atoms in total. The smallest absolute Gasteiger partial charge is 0.308 e. The molecule has 1 heterocycles. The average molecular weight is 226 g/mol. The van der Waals surface area contributed by atoms with E-state index in [2.05, 4.69) is 12.2 Å². The molecule has 1 aliphatic heterocycles. The number of carbonyl (C=O) groups is 1. The zero-order chi connectivity index (χ0) is 11.4. The lowest BCUT2D eigenvalue weighted by Crippen LogP contribution is -2.32. The average Bonchev–Trinajstić information content (AvgIpc) is 2.94. The van der Waals surface area contributed by atoms with Crippen molar-refractivity contribution in [1.29, 1.82) is 0 Å². The summed E-state index contributed by atoms with van der Waals surface area (Å²) in [6.07, 6.45) is 8.31. The first-order valence-corrected chi connectivity index (χ1v) is 5.87. The Morgan fingerprint density at radius 3 is 2.62 bits per heavy atom. The van der Waals surface area contributed by atoms with Gasteiger partial charge in [0.2, 0.25) is 0 Å². The maximum atomic E-state index is 10.7. The minimum atomic E-state index is -0.875. The second-order valence-corrected chi connectivity index (χ2v) is 4.48. The number of carboxylic acids is 1. The Kier molecular flexibility index (Phi) is 3.61. The lowest BCUT2D eigenvalue weighted by molar-refractivity contribution is -0.181. The van der Waals surface area contributed by atoms with Crippen LogP contribution >= 0.6 is 0 Å². The van der Waals surface area contributed by atoms with Gasteiger partial charge < -0.3 is 14.6 Å². The van der Waals surface area contributed by atoms with E-state index >= 15 is 0 Å². The van der Waals surface area contributed by atoms with E-state index in [0.717, 1.165) is 12.3 Å². The number of rotatable bonds is 6. The zero-order valence-electron chi connectivity index (χ0n) is 9.35. The first-order valence-electron chi connectivity index (χ1n) is 5.87. The highest BCUT2D eigenvalue weighted by molar-refractivity contribution is 5.67. The van der Waals surface area contributed by atoms with Gasteiger partial charge in [0.25, 0.3) is 0 Å². The van der Waals surface area contributed by atoms with Crippen LogP contribution in [0.4, 0.5) is 0 Å². The van der Waals surface area contributed by atoms with Gasteiger partial charge in [0.15, 0.2) is 5.79 Å². The van der Waals surface area contributed by atoms with Crippen molar-refractivity contribution in [3.8, 4) is 0 Å². The molecule has 2 fully saturated rings. The lowest BCUT2D eigenvalue weighted by atomic mass is 10.1. The maximum Gasteiger partial charge on any atom is 0.308 e. The molecule has 2 aliphatic rings. The molecule has 90 valence electrons. The summed E-state index contributed by atoms with van der Waals surface area (Å²) < 4.78 is 10.9. The standard InChI is InChI=1S/C12H18O4/c13-11(14)9-12(15-7-8-16-12)6-2-1-3-10-4-5-10/h1,3,10H,2,4-9H2,(H,13,14)/b3-1+. The van der Waals surface area contributed by atoms with Gasteiger partial charge in [0, 0.05) is 6.42 Å². The number of allylic oxidation sites excluding steroid dienone is 2. The van der Waals surface area contributed by atoms with Gasteiger partial charge in [-0.1, -0.05) is 12.2 Å². The number of carboxylic acid groups (broad SMARTS) is 1. The van der Waals surface area contributed by atoms with Crippen LogP contribution in [0.5, 0.6) is 0 Å². The molecule has 0 spiro atoms. The summed E-state index contributed by atoms with van der Waals surface area (Å²) in [5.74, 6) is -0.978. The van der Waals surface area contributed by atoms with Crippen LogP contribution in [-0.2, 0) is 14.3 Å². The van der Waals surface area contributed by atoms with Crippen LogP contribution in [0.2, 0.25) is 0 Å². The third-order valence-corrected chi connectivity index (χ3v) is 2.96. The molecule has 1 N–H and O–H groups in total. The summed E-state index contributed by atoms with van der Waals surface area (Å²) in [7, 11) is 0. The molecule has 0 aromatic heterocycles. The van der Waals surface area contributed by atoms with Gasteiger partial charge in [-0.3, -0.25) is 4.79 Å². The van der Waals surface area contributed by atoms with E-state index in [0.29, 0.717) is 19.6 Å². The van der Waals surface area contributed by atoms with Crippen molar-refractivity contribution in [2.45, 2.75) is 37.9 Å². The minimum Gasteiger partial charge on any atom is -0.481 e. The van der Waals surface area contributed by atoms with Crippen molar-refractivity contribution in [1.82, 2.24) is 0 Å². The molecule has 0 atom stereocenters. The van der Waals surface area contributed by atoms with Crippen molar-refractivity contribution >= 4 is 5.97 Å². The molecule has 0 aromatic rings. The van der Waals surface area contributed by atoms with E-state index in [-0.39, 0.29) is 6.42 Å². The van der Waals surface area contributed by atoms with Crippen LogP contribution < -0.4 is 0 Å². The van der Waals surface area contributed by atoms with Gasteiger partial charge in [-0.05, 0) is 25.2 Å². The molecule has 2 rings (SSSR count). The Morgan fingerprint density at radius 2 is 2.06 bits per heavy atom. The van der Waals surface area contributed by atoms with Crippen LogP contribution in [0.15, 0.2) is 12.2 Å². The van der Waals surface area contributed by atoms with Gasteiger partial charge >= 0.3 is 5.97 Å². The molecule has 0 amide bonds. The SMILES string of the molecule is O=C(O)CC1(CC/C=C/C2CC2)OCCO1. The van der Waals surface area contributed by atoms with Crippen LogP contribution in [0.25, 0.3) is 0 Å². The van der Waals surface area contributed by atoms with Crippen LogP contribution in [0.3, 0.4) is 0 Å². The predicted molar refractivity (Wildman–Crippen MR) is 58.0 cm³/mol.